The number of hydrogen-bond acceptors (Lipinski definition) is 4. The largest absolute Gasteiger partial charge is 0.326 e. The van der Waals surface area contributed by atoms with Crippen molar-refractivity contribution in [3.05, 3.63) is 70.8 Å². The summed E-state index contributed by atoms with van der Waals surface area (Å²) in [6.07, 6.45) is 4.44. The number of anilines is 2. The van der Waals surface area contributed by atoms with Crippen LogP contribution in [0.2, 0.25) is 0 Å². The second kappa shape index (κ2) is 9.04. The number of amides is 3. The predicted octanol–water partition coefficient (Wildman–Crippen LogP) is 4.67. The molecule has 2 aliphatic rings. The Bertz CT molecular complexity index is 1090. The van der Waals surface area contributed by atoms with E-state index in [0.717, 1.165) is 42.4 Å². The third-order valence-corrected chi connectivity index (χ3v) is 5.54. The number of azo groups is 1. The Hall–Kier alpha value is -3.61. The van der Waals surface area contributed by atoms with Crippen molar-refractivity contribution in [2.45, 2.75) is 45.1 Å². The standard InChI is InChI=1S/C24H24N4O3/c1-15(29)25-18-11-9-17(10-12-18)23(30)26-19-6-4-5-16(13-19)14-22-20-7-2-3-8-21(20)24(31)28-27-22/h4-6,9-13,22H,2-3,7-8,14H2,1H3,(H,25,29)(H,26,30). The van der Waals surface area contributed by atoms with E-state index in [1.807, 2.05) is 24.3 Å². The summed E-state index contributed by atoms with van der Waals surface area (Å²) in [6.45, 7) is 1.44. The molecule has 1 heterocycles. The molecule has 158 valence electrons. The fourth-order valence-corrected chi connectivity index (χ4v) is 4.07. The number of nitrogens with zero attached hydrogens (tertiary/aromatic N) is 2. The van der Waals surface area contributed by atoms with Crippen LogP contribution < -0.4 is 10.6 Å². The zero-order valence-electron chi connectivity index (χ0n) is 17.4. The van der Waals surface area contributed by atoms with Gasteiger partial charge in [0.2, 0.25) is 5.91 Å². The van der Waals surface area contributed by atoms with E-state index in [2.05, 4.69) is 20.9 Å². The van der Waals surface area contributed by atoms with Crippen LogP contribution >= 0.6 is 0 Å². The van der Waals surface area contributed by atoms with Gasteiger partial charge in [-0.05, 0) is 73.2 Å². The first-order chi connectivity index (χ1) is 15.0. The smallest absolute Gasteiger partial charge is 0.291 e. The molecule has 3 amide bonds. The molecule has 2 N–H and O–H groups in total. The molecule has 0 bridgehead atoms. The maximum Gasteiger partial charge on any atom is 0.291 e. The van der Waals surface area contributed by atoms with Crippen LogP contribution in [0, 0.1) is 0 Å². The monoisotopic (exact) mass is 416 g/mol. The lowest BCUT2D eigenvalue weighted by Crippen LogP contribution is -2.23. The van der Waals surface area contributed by atoms with Crippen LogP contribution in [0.15, 0.2) is 69.9 Å². The van der Waals surface area contributed by atoms with E-state index >= 15 is 0 Å². The molecule has 2 aromatic carbocycles. The minimum absolute atomic E-state index is 0.111. The minimum atomic E-state index is -0.230. The van der Waals surface area contributed by atoms with Gasteiger partial charge in [0, 0.05) is 35.9 Å². The molecule has 1 unspecified atom stereocenters. The first-order valence-corrected chi connectivity index (χ1v) is 10.4. The second-order valence-electron chi connectivity index (χ2n) is 7.86. The number of rotatable bonds is 5. The highest BCUT2D eigenvalue weighted by Gasteiger charge is 2.28. The average Bonchev–Trinajstić information content (AvgIpc) is 2.76. The number of carbonyl (C=O) groups excluding carboxylic acids is 3. The van der Waals surface area contributed by atoms with Gasteiger partial charge >= 0.3 is 0 Å². The van der Waals surface area contributed by atoms with Crippen LogP contribution in [0.5, 0.6) is 0 Å². The second-order valence-corrected chi connectivity index (χ2v) is 7.86. The molecule has 4 rings (SSSR count). The Labute approximate surface area is 180 Å². The Morgan fingerprint density at radius 1 is 1.00 bits per heavy atom. The van der Waals surface area contributed by atoms with Gasteiger partial charge in [-0.3, -0.25) is 14.4 Å². The third kappa shape index (κ3) is 4.94. The highest BCUT2D eigenvalue weighted by Crippen LogP contribution is 2.33. The molecule has 0 saturated carbocycles. The molecule has 7 nitrogen and oxygen atoms in total. The van der Waals surface area contributed by atoms with Gasteiger partial charge in [0.25, 0.3) is 11.8 Å². The van der Waals surface area contributed by atoms with Gasteiger partial charge in [-0.15, -0.1) is 5.11 Å². The van der Waals surface area contributed by atoms with Gasteiger partial charge in [-0.2, -0.15) is 5.11 Å². The fourth-order valence-electron chi connectivity index (χ4n) is 4.07. The molecule has 0 spiro atoms. The molecule has 31 heavy (non-hydrogen) atoms. The van der Waals surface area contributed by atoms with Crippen molar-refractivity contribution in [1.29, 1.82) is 0 Å². The van der Waals surface area contributed by atoms with Gasteiger partial charge in [0.1, 0.15) is 0 Å². The molecule has 0 saturated heterocycles. The van der Waals surface area contributed by atoms with Crippen LogP contribution in [0.1, 0.15) is 48.5 Å². The summed E-state index contributed by atoms with van der Waals surface area (Å²) in [6, 6.07) is 14.3. The molecule has 0 fully saturated rings. The van der Waals surface area contributed by atoms with Crippen LogP contribution in [0.25, 0.3) is 0 Å². The van der Waals surface area contributed by atoms with Crippen molar-refractivity contribution in [2.75, 3.05) is 10.6 Å². The topological polar surface area (TPSA) is 100.0 Å². The Kier molecular flexibility index (Phi) is 6.02. The summed E-state index contributed by atoms with van der Waals surface area (Å²) in [5.41, 5.74) is 4.82. The molecule has 1 aliphatic heterocycles. The summed E-state index contributed by atoms with van der Waals surface area (Å²) < 4.78 is 0. The van der Waals surface area contributed by atoms with Crippen molar-refractivity contribution in [3.63, 3.8) is 0 Å². The van der Waals surface area contributed by atoms with E-state index in [0.29, 0.717) is 23.4 Å². The molecule has 2 aromatic rings. The maximum atomic E-state index is 12.6. The molecular weight excluding hydrogens is 392 g/mol. The molecule has 1 atom stereocenters. The van der Waals surface area contributed by atoms with Crippen molar-refractivity contribution in [2.24, 2.45) is 10.2 Å². The maximum absolute atomic E-state index is 12.6. The number of benzene rings is 2. The number of nitrogens with one attached hydrogen (secondary N) is 2. The van der Waals surface area contributed by atoms with Crippen molar-refractivity contribution < 1.29 is 14.4 Å². The summed E-state index contributed by atoms with van der Waals surface area (Å²) in [5, 5.41) is 13.7. The highest BCUT2D eigenvalue weighted by atomic mass is 16.2. The Morgan fingerprint density at radius 2 is 1.77 bits per heavy atom. The third-order valence-electron chi connectivity index (χ3n) is 5.54. The van der Waals surface area contributed by atoms with Crippen LogP contribution in [-0.2, 0) is 16.0 Å². The summed E-state index contributed by atoms with van der Waals surface area (Å²) in [5.74, 6) is -0.574. The zero-order chi connectivity index (χ0) is 21.8. The van der Waals surface area contributed by atoms with E-state index in [-0.39, 0.29) is 23.8 Å². The average molecular weight is 416 g/mol. The Balaban J connectivity index is 1.44. The lowest BCUT2D eigenvalue weighted by Gasteiger charge is -2.25. The summed E-state index contributed by atoms with van der Waals surface area (Å²) in [4.78, 5) is 35.7. The lowest BCUT2D eigenvalue weighted by atomic mass is 9.84. The zero-order valence-corrected chi connectivity index (χ0v) is 17.4. The molecule has 1 aliphatic carbocycles. The Morgan fingerprint density at radius 3 is 2.55 bits per heavy atom. The van der Waals surface area contributed by atoms with Gasteiger partial charge in [-0.1, -0.05) is 12.1 Å². The predicted molar refractivity (Wildman–Crippen MR) is 118 cm³/mol. The molecule has 7 heteroatoms. The van der Waals surface area contributed by atoms with Crippen molar-refractivity contribution in [3.8, 4) is 0 Å². The van der Waals surface area contributed by atoms with Gasteiger partial charge < -0.3 is 10.6 Å². The van der Waals surface area contributed by atoms with Crippen LogP contribution in [0.4, 0.5) is 11.4 Å². The van der Waals surface area contributed by atoms with E-state index in [9.17, 15) is 14.4 Å². The van der Waals surface area contributed by atoms with Crippen LogP contribution in [0.3, 0.4) is 0 Å². The van der Waals surface area contributed by atoms with Crippen molar-refractivity contribution >= 4 is 29.1 Å². The van der Waals surface area contributed by atoms with Gasteiger partial charge in [0.15, 0.2) is 0 Å². The number of carbonyl (C=O) groups is 3. The molecule has 0 aromatic heterocycles. The molecule has 0 radical (unpaired) electrons. The van der Waals surface area contributed by atoms with E-state index in [1.54, 1.807) is 24.3 Å². The fraction of sp³-hybridized carbons (Fsp3) is 0.292. The first kappa shape index (κ1) is 20.7. The van der Waals surface area contributed by atoms with Crippen molar-refractivity contribution in [1.82, 2.24) is 0 Å². The summed E-state index contributed by atoms with van der Waals surface area (Å²) >= 11 is 0. The van der Waals surface area contributed by atoms with E-state index in [1.165, 1.54) is 6.92 Å². The van der Waals surface area contributed by atoms with Gasteiger partial charge in [-0.25, -0.2) is 0 Å². The summed E-state index contributed by atoms with van der Waals surface area (Å²) in [7, 11) is 0. The lowest BCUT2D eigenvalue weighted by molar-refractivity contribution is -0.115. The minimum Gasteiger partial charge on any atom is -0.326 e. The highest BCUT2D eigenvalue weighted by molar-refractivity contribution is 6.04. The van der Waals surface area contributed by atoms with E-state index in [4.69, 9.17) is 0 Å². The van der Waals surface area contributed by atoms with E-state index < -0.39 is 0 Å². The first-order valence-electron chi connectivity index (χ1n) is 10.4. The van der Waals surface area contributed by atoms with Gasteiger partial charge in [0.05, 0.1) is 6.04 Å². The number of hydrogen-bond donors (Lipinski definition) is 2. The quantitative estimate of drug-likeness (QED) is 0.741. The normalized spacial score (nSPS) is 17.8. The van der Waals surface area contributed by atoms with Crippen LogP contribution in [-0.4, -0.2) is 23.8 Å². The molecular formula is C24H24N4O3. The SMILES string of the molecule is CC(=O)Nc1ccc(C(=O)Nc2cccc(CC3N=NC(=O)C4=C3CCCC4)c2)cc1.